The van der Waals surface area contributed by atoms with Gasteiger partial charge in [0.25, 0.3) is 0 Å². The monoisotopic (exact) mass is 265 g/mol. The van der Waals surface area contributed by atoms with E-state index in [-0.39, 0.29) is 29.7 Å². The molecule has 2 rings (SSSR count). The van der Waals surface area contributed by atoms with Crippen LogP contribution in [0.4, 0.5) is 0 Å². The fourth-order valence-corrected chi connectivity index (χ4v) is 3.33. The van der Waals surface area contributed by atoms with Crippen LogP contribution >= 0.6 is 0 Å². The minimum atomic E-state index is -0.840. The van der Waals surface area contributed by atoms with Crippen LogP contribution in [-0.2, 0) is 9.59 Å². The molecule has 19 heavy (non-hydrogen) atoms. The van der Waals surface area contributed by atoms with Crippen molar-refractivity contribution >= 4 is 11.9 Å². The standard InChI is InChI=1S/C15H23NO3/c1-4-8(2)9(3)16-14(17)12-10-5-6-11(7-10)13(12)15(18)19/h5-6,8-13H,4,7H2,1-3H3,(H,16,17)(H,18,19). The Hall–Kier alpha value is -1.32. The summed E-state index contributed by atoms with van der Waals surface area (Å²) >= 11 is 0. The van der Waals surface area contributed by atoms with E-state index in [4.69, 9.17) is 0 Å². The van der Waals surface area contributed by atoms with Gasteiger partial charge in [-0.1, -0.05) is 32.4 Å². The lowest BCUT2D eigenvalue weighted by Crippen LogP contribution is -2.45. The van der Waals surface area contributed by atoms with Crippen LogP contribution in [-0.4, -0.2) is 23.0 Å². The van der Waals surface area contributed by atoms with Gasteiger partial charge >= 0.3 is 5.97 Å². The Bertz CT molecular complexity index is 404. The molecule has 106 valence electrons. The fourth-order valence-electron chi connectivity index (χ4n) is 3.33. The first kappa shape index (κ1) is 14.1. The Labute approximate surface area is 114 Å². The third-order valence-electron chi connectivity index (χ3n) is 4.91. The van der Waals surface area contributed by atoms with Crippen LogP contribution in [0.15, 0.2) is 12.2 Å². The van der Waals surface area contributed by atoms with E-state index in [0.29, 0.717) is 5.92 Å². The Morgan fingerprint density at radius 2 is 1.84 bits per heavy atom. The maximum atomic E-state index is 12.4. The summed E-state index contributed by atoms with van der Waals surface area (Å²) in [5, 5.41) is 12.3. The number of carbonyl (C=O) groups is 2. The molecule has 6 atom stereocenters. The number of allylic oxidation sites excluding steroid dienone is 2. The summed E-state index contributed by atoms with van der Waals surface area (Å²) in [5.74, 6) is -1.31. The van der Waals surface area contributed by atoms with Crippen LogP contribution in [0.25, 0.3) is 0 Å². The minimum absolute atomic E-state index is 0.0390. The lowest BCUT2D eigenvalue weighted by Gasteiger charge is -2.27. The molecule has 2 N–H and O–H groups in total. The molecule has 0 aromatic rings. The van der Waals surface area contributed by atoms with Gasteiger partial charge in [0.15, 0.2) is 0 Å². The van der Waals surface area contributed by atoms with Crippen molar-refractivity contribution in [1.82, 2.24) is 5.32 Å². The number of nitrogens with one attached hydrogen (secondary N) is 1. The number of fused-ring (bicyclic) bond motifs is 2. The molecule has 1 amide bonds. The summed E-state index contributed by atoms with van der Waals surface area (Å²) in [6.45, 7) is 6.18. The lowest BCUT2D eigenvalue weighted by molar-refractivity contribution is -0.148. The highest BCUT2D eigenvalue weighted by atomic mass is 16.4. The fraction of sp³-hybridized carbons (Fsp3) is 0.733. The molecule has 6 unspecified atom stereocenters. The quantitative estimate of drug-likeness (QED) is 0.748. The second kappa shape index (κ2) is 5.35. The number of aliphatic carboxylic acids is 1. The van der Waals surface area contributed by atoms with Crippen LogP contribution in [0, 0.1) is 29.6 Å². The van der Waals surface area contributed by atoms with E-state index in [1.807, 2.05) is 19.1 Å². The smallest absolute Gasteiger partial charge is 0.307 e. The molecule has 2 aliphatic carbocycles. The van der Waals surface area contributed by atoms with E-state index in [0.717, 1.165) is 12.8 Å². The first-order valence-corrected chi connectivity index (χ1v) is 7.17. The topological polar surface area (TPSA) is 66.4 Å². The molecule has 0 saturated heterocycles. The molecule has 2 aliphatic rings. The molecule has 4 heteroatoms. The van der Waals surface area contributed by atoms with Gasteiger partial charge in [-0.3, -0.25) is 9.59 Å². The largest absolute Gasteiger partial charge is 0.481 e. The highest BCUT2D eigenvalue weighted by Crippen LogP contribution is 2.48. The Kier molecular flexibility index (Phi) is 3.97. The first-order valence-electron chi connectivity index (χ1n) is 7.17. The molecule has 2 bridgehead atoms. The number of carboxylic acid groups (broad SMARTS) is 1. The van der Waals surface area contributed by atoms with E-state index in [1.165, 1.54) is 0 Å². The van der Waals surface area contributed by atoms with Crippen molar-refractivity contribution in [3.63, 3.8) is 0 Å². The highest BCUT2D eigenvalue weighted by molar-refractivity contribution is 5.87. The number of carboxylic acids is 1. The summed E-state index contributed by atoms with van der Waals surface area (Å²) in [6.07, 6.45) is 5.79. The van der Waals surface area contributed by atoms with Crippen LogP contribution in [0.2, 0.25) is 0 Å². The van der Waals surface area contributed by atoms with Gasteiger partial charge in [0.05, 0.1) is 11.8 Å². The molecule has 4 nitrogen and oxygen atoms in total. The summed E-state index contributed by atoms with van der Waals surface area (Å²) in [7, 11) is 0. The van der Waals surface area contributed by atoms with Gasteiger partial charge in [-0.2, -0.15) is 0 Å². The minimum Gasteiger partial charge on any atom is -0.481 e. The van der Waals surface area contributed by atoms with E-state index in [9.17, 15) is 14.7 Å². The van der Waals surface area contributed by atoms with Crippen molar-refractivity contribution in [3.05, 3.63) is 12.2 Å². The Morgan fingerprint density at radius 3 is 2.37 bits per heavy atom. The van der Waals surface area contributed by atoms with Crippen molar-refractivity contribution in [2.75, 3.05) is 0 Å². The number of hydrogen-bond donors (Lipinski definition) is 2. The maximum Gasteiger partial charge on any atom is 0.307 e. The summed E-state index contributed by atoms with van der Waals surface area (Å²) in [5.41, 5.74) is 0. The second-order valence-electron chi connectivity index (χ2n) is 6.02. The van der Waals surface area contributed by atoms with Crippen LogP contribution in [0.5, 0.6) is 0 Å². The van der Waals surface area contributed by atoms with E-state index in [1.54, 1.807) is 0 Å². The Balaban J connectivity index is 2.06. The predicted molar refractivity (Wildman–Crippen MR) is 72.4 cm³/mol. The van der Waals surface area contributed by atoms with E-state index in [2.05, 4.69) is 19.2 Å². The van der Waals surface area contributed by atoms with Crippen molar-refractivity contribution in [1.29, 1.82) is 0 Å². The van der Waals surface area contributed by atoms with Gasteiger partial charge in [-0.15, -0.1) is 0 Å². The van der Waals surface area contributed by atoms with Gasteiger partial charge in [-0.05, 0) is 31.1 Å². The molecule has 0 aliphatic heterocycles. The third kappa shape index (κ3) is 2.53. The molecule has 0 spiro atoms. The van der Waals surface area contributed by atoms with E-state index >= 15 is 0 Å². The molecule has 1 saturated carbocycles. The van der Waals surface area contributed by atoms with Crippen molar-refractivity contribution in [3.8, 4) is 0 Å². The molecule has 0 heterocycles. The zero-order valence-electron chi connectivity index (χ0n) is 11.8. The van der Waals surface area contributed by atoms with Crippen LogP contribution in [0.1, 0.15) is 33.6 Å². The van der Waals surface area contributed by atoms with Crippen LogP contribution < -0.4 is 5.32 Å². The summed E-state index contributed by atoms with van der Waals surface area (Å²) < 4.78 is 0. The molecule has 0 radical (unpaired) electrons. The normalized spacial score (nSPS) is 35.1. The van der Waals surface area contributed by atoms with Crippen molar-refractivity contribution < 1.29 is 14.7 Å². The van der Waals surface area contributed by atoms with Gasteiger partial charge in [0, 0.05) is 6.04 Å². The summed E-state index contributed by atoms with van der Waals surface area (Å²) in [4.78, 5) is 23.7. The molecule has 0 aromatic carbocycles. The maximum absolute atomic E-state index is 12.4. The first-order chi connectivity index (χ1) is 8.95. The molecule has 1 fully saturated rings. The molecule has 0 aromatic heterocycles. The van der Waals surface area contributed by atoms with Gasteiger partial charge in [-0.25, -0.2) is 0 Å². The lowest BCUT2D eigenvalue weighted by atomic mass is 9.82. The van der Waals surface area contributed by atoms with Crippen LogP contribution in [0.3, 0.4) is 0 Å². The number of carbonyl (C=O) groups excluding carboxylic acids is 1. The van der Waals surface area contributed by atoms with Gasteiger partial charge in [0.2, 0.25) is 5.91 Å². The zero-order valence-corrected chi connectivity index (χ0v) is 11.8. The highest BCUT2D eigenvalue weighted by Gasteiger charge is 2.51. The van der Waals surface area contributed by atoms with Gasteiger partial charge < -0.3 is 10.4 Å². The number of hydrogen-bond acceptors (Lipinski definition) is 2. The number of amides is 1. The van der Waals surface area contributed by atoms with E-state index < -0.39 is 11.9 Å². The number of rotatable bonds is 5. The van der Waals surface area contributed by atoms with Crippen molar-refractivity contribution in [2.45, 2.75) is 39.7 Å². The second-order valence-corrected chi connectivity index (χ2v) is 6.02. The average Bonchev–Trinajstić information content (AvgIpc) is 2.97. The molecular formula is C15H23NO3. The average molecular weight is 265 g/mol. The predicted octanol–water partition coefficient (Wildman–Crippen LogP) is 2.06. The SMILES string of the molecule is CCC(C)C(C)NC(=O)C1C2C=CC(C2)C1C(=O)O. The van der Waals surface area contributed by atoms with Crippen molar-refractivity contribution in [2.24, 2.45) is 29.6 Å². The third-order valence-corrected chi connectivity index (χ3v) is 4.91. The Morgan fingerprint density at radius 1 is 1.26 bits per heavy atom. The zero-order chi connectivity index (χ0) is 14.2. The molecular weight excluding hydrogens is 242 g/mol. The van der Waals surface area contributed by atoms with Gasteiger partial charge in [0.1, 0.15) is 0 Å². The summed E-state index contributed by atoms with van der Waals surface area (Å²) in [6, 6.07) is 0.0926.